The predicted molar refractivity (Wildman–Crippen MR) is 136 cm³/mol. The molecule has 0 aliphatic rings. The van der Waals surface area contributed by atoms with Gasteiger partial charge in [0.15, 0.2) is 17.1 Å². The van der Waals surface area contributed by atoms with Crippen LogP contribution in [0.2, 0.25) is 0 Å². The van der Waals surface area contributed by atoms with Crippen LogP contribution in [0.25, 0.3) is 11.0 Å². The van der Waals surface area contributed by atoms with E-state index >= 15 is 0 Å². The fourth-order valence-corrected chi connectivity index (χ4v) is 4.06. The molecule has 4 rings (SSSR count). The molecular weight excluding hydrogens is 460 g/mol. The Morgan fingerprint density at radius 1 is 0.889 bits per heavy atom. The van der Waals surface area contributed by atoms with E-state index in [2.05, 4.69) is 10.1 Å². The van der Waals surface area contributed by atoms with Crippen molar-refractivity contribution in [2.45, 2.75) is 20.0 Å². The minimum Gasteiger partial charge on any atom is -0.497 e. The zero-order valence-electron chi connectivity index (χ0n) is 21.1. The molecule has 0 fully saturated rings. The molecule has 0 bridgehead atoms. The monoisotopic (exact) mass is 490 g/mol. The Hall–Kier alpha value is -4.27. The summed E-state index contributed by atoms with van der Waals surface area (Å²) in [5.41, 5.74) is 3.08. The van der Waals surface area contributed by atoms with Gasteiger partial charge in [0, 0.05) is 36.3 Å². The van der Waals surface area contributed by atoms with E-state index in [4.69, 9.17) is 18.9 Å². The lowest BCUT2D eigenvalue weighted by atomic mass is 10.1. The Labute approximate surface area is 210 Å². The number of fused-ring (bicyclic) bond motifs is 1. The average molecular weight is 491 g/mol. The van der Waals surface area contributed by atoms with Crippen molar-refractivity contribution in [1.29, 1.82) is 0 Å². The Morgan fingerprint density at radius 3 is 2.36 bits per heavy atom. The second-order valence-corrected chi connectivity index (χ2v) is 8.13. The van der Waals surface area contributed by atoms with E-state index in [9.17, 15) is 4.79 Å². The predicted octanol–water partition coefficient (Wildman–Crippen LogP) is 4.18. The quantitative estimate of drug-likeness (QED) is 0.330. The van der Waals surface area contributed by atoms with Crippen molar-refractivity contribution in [3.63, 3.8) is 0 Å². The van der Waals surface area contributed by atoms with Gasteiger partial charge in [-0.25, -0.2) is 9.67 Å². The summed E-state index contributed by atoms with van der Waals surface area (Å²) >= 11 is 0. The Kier molecular flexibility index (Phi) is 7.58. The standard InChI is InChI=1S/C27H30N4O5/c1-6-30(16-18-7-10-23(34-3)25(11-18)36-5)27(32)21-12-20-15-29-31(26(20)28-14-21)17-19-8-9-22(33-2)13-24(19)35-4/h7-15H,6,16-17H2,1-5H3. The van der Waals surface area contributed by atoms with Crippen LogP contribution in [0.3, 0.4) is 0 Å². The minimum atomic E-state index is -0.105. The molecule has 2 aromatic heterocycles. The number of amides is 1. The number of carbonyl (C=O) groups is 1. The highest BCUT2D eigenvalue weighted by molar-refractivity contribution is 5.96. The first kappa shape index (κ1) is 24.8. The first-order chi connectivity index (χ1) is 17.5. The summed E-state index contributed by atoms with van der Waals surface area (Å²) in [4.78, 5) is 19.7. The van der Waals surface area contributed by atoms with Crippen LogP contribution in [0.15, 0.2) is 54.9 Å². The highest BCUT2D eigenvalue weighted by atomic mass is 16.5. The van der Waals surface area contributed by atoms with Gasteiger partial charge in [0.05, 0.1) is 46.7 Å². The van der Waals surface area contributed by atoms with E-state index in [0.29, 0.717) is 48.1 Å². The first-order valence-corrected chi connectivity index (χ1v) is 11.5. The fraction of sp³-hybridized carbons (Fsp3) is 0.296. The average Bonchev–Trinajstić information content (AvgIpc) is 3.33. The number of rotatable bonds is 10. The van der Waals surface area contributed by atoms with Crippen LogP contribution in [0, 0.1) is 0 Å². The SMILES string of the molecule is CCN(Cc1ccc(OC)c(OC)c1)C(=O)c1cnc2c(cnn2Cc2ccc(OC)cc2OC)c1. The molecule has 0 aliphatic heterocycles. The van der Waals surface area contributed by atoms with Crippen molar-refractivity contribution < 1.29 is 23.7 Å². The summed E-state index contributed by atoms with van der Waals surface area (Å²) in [5.74, 6) is 2.60. The maximum Gasteiger partial charge on any atom is 0.255 e. The van der Waals surface area contributed by atoms with Gasteiger partial charge in [-0.3, -0.25) is 4.79 Å². The number of aromatic nitrogens is 3. The van der Waals surface area contributed by atoms with E-state index in [1.165, 1.54) is 0 Å². The normalized spacial score (nSPS) is 10.8. The molecule has 2 aromatic carbocycles. The van der Waals surface area contributed by atoms with Crippen molar-refractivity contribution in [1.82, 2.24) is 19.7 Å². The van der Waals surface area contributed by atoms with E-state index in [0.717, 1.165) is 22.3 Å². The summed E-state index contributed by atoms with van der Waals surface area (Å²) in [6, 6.07) is 13.1. The minimum absolute atomic E-state index is 0.105. The summed E-state index contributed by atoms with van der Waals surface area (Å²) in [6.45, 7) is 3.40. The number of benzene rings is 2. The van der Waals surface area contributed by atoms with Gasteiger partial charge in [-0.2, -0.15) is 5.10 Å². The van der Waals surface area contributed by atoms with Gasteiger partial charge in [0.25, 0.3) is 5.91 Å². The molecule has 0 radical (unpaired) electrons. The van der Waals surface area contributed by atoms with Gasteiger partial charge in [0.2, 0.25) is 0 Å². The molecule has 9 heteroatoms. The number of methoxy groups -OCH3 is 4. The molecule has 0 unspecified atom stereocenters. The lowest BCUT2D eigenvalue weighted by Gasteiger charge is -2.21. The van der Waals surface area contributed by atoms with Crippen LogP contribution in [0.4, 0.5) is 0 Å². The number of carbonyl (C=O) groups excluding carboxylic acids is 1. The number of hydrogen-bond donors (Lipinski definition) is 0. The van der Waals surface area contributed by atoms with E-state index < -0.39 is 0 Å². The first-order valence-electron chi connectivity index (χ1n) is 11.5. The second-order valence-electron chi connectivity index (χ2n) is 8.13. The second kappa shape index (κ2) is 11.0. The Balaban J connectivity index is 1.55. The molecule has 0 saturated carbocycles. The van der Waals surface area contributed by atoms with Gasteiger partial charge in [-0.05, 0) is 42.8 Å². The third-order valence-corrected chi connectivity index (χ3v) is 6.03. The molecular formula is C27H30N4O5. The smallest absolute Gasteiger partial charge is 0.255 e. The summed E-state index contributed by atoms with van der Waals surface area (Å²) < 4.78 is 23.3. The molecule has 4 aromatic rings. The van der Waals surface area contributed by atoms with Gasteiger partial charge in [-0.1, -0.05) is 6.07 Å². The number of ether oxygens (including phenoxy) is 4. The Bertz CT molecular complexity index is 1370. The maximum atomic E-state index is 13.3. The number of hydrogen-bond acceptors (Lipinski definition) is 7. The summed E-state index contributed by atoms with van der Waals surface area (Å²) in [6.07, 6.45) is 3.32. The van der Waals surface area contributed by atoms with Crippen LogP contribution in [-0.4, -0.2) is 60.6 Å². The van der Waals surface area contributed by atoms with E-state index in [1.807, 2.05) is 49.4 Å². The molecule has 0 atom stereocenters. The maximum absolute atomic E-state index is 13.3. The van der Waals surface area contributed by atoms with Gasteiger partial charge >= 0.3 is 0 Å². The molecule has 0 aliphatic carbocycles. The number of pyridine rings is 1. The van der Waals surface area contributed by atoms with E-state index in [-0.39, 0.29) is 5.91 Å². The molecule has 0 N–H and O–H groups in total. The van der Waals surface area contributed by atoms with Crippen LogP contribution >= 0.6 is 0 Å². The van der Waals surface area contributed by atoms with Crippen LogP contribution in [0.1, 0.15) is 28.4 Å². The lowest BCUT2D eigenvalue weighted by Crippen LogP contribution is -2.30. The Morgan fingerprint density at radius 2 is 1.67 bits per heavy atom. The lowest BCUT2D eigenvalue weighted by molar-refractivity contribution is 0.0752. The fourth-order valence-electron chi connectivity index (χ4n) is 4.06. The molecule has 9 nitrogen and oxygen atoms in total. The molecule has 188 valence electrons. The highest BCUT2D eigenvalue weighted by Gasteiger charge is 2.18. The molecule has 0 saturated heterocycles. The molecule has 0 spiro atoms. The molecule has 1 amide bonds. The third-order valence-electron chi connectivity index (χ3n) is 6.03. The van der Waals surface area contributed by atoms with Crippen molar-refractivity contribution in [3.8, 4) is 23.0 Å². The van der Waals surface area contributed by atoms with Crippen molar-refractivity contribution in [2.24, 2.45) is 0 Å². The third kappa shape index (κ3) is 5.05. The number of nitrogens with zero attached hydrogens (tertiary/aromatic N) is 4. The zero-order chi connectivity index (χ0) is 25.7. The summed E-state index contributed by atoms with van der Waals surface area (Å²) in [5, 5.41) is 5.28. The topological polar surface area (TPSA) is 87.9 Å². The van der Waals surface area contributed by atoms with Gasteiger partial charge < -0.3 is 23.8 Å². The van der Waals surface area contributed by atoms with Crippen molar-refractivity contribution in [3.05, 3.63) is 71.5 Å². The van der Waals surface area contributed by atoms with Crippen molar-refractivity contribution >= 4 is 16.9 Å². The molecule has 2 heterocycles. The van der Waals surface area contributed by atoms with Gasteiger partial charge in [-0.15, -0.1) is 0 Å². The van der Waals surface area contributed by atoms with Crippen LogP contribution < -0.4 is 18.9 Å². The molecule has 36 heavy (non-hydrogen) atoms. The highest BCUT2D eigenvalue weighted by Crippen LogP contribution is 2.29. The van der Waals surface area contributed by atoms with Crippen LogP contribution in [0.5, 0.6) is 23.0 Å². The zero-order valence-corrected chi connectivity index (χ0v) is 21.1. The van der Waals surface area contributed by atoms with Crippen molar-refractivity contribution in [2.75, 3.05) is 35.0 Å². The van der Waals surface area contributed by atoms with Crippen LogP contribution in [-0.2, 0) is 13.1 Å². The van der Waals surface area contributed by atoms with E-state index in [1.54, 1.807) is 50.4 Å². The largest absolute Gasteiger partial charge is 0.497 e. The summed E-state index contributed by atoms with van der Waals surface area (Å²) in [7, 11) is 6.43. The van der Waals surface area contributed by atoms with Gasteiger partial charge in [0.1, 0.15) is 11.5 Å².